The van der Waals surface area contributed by atoms with Gasteiger partial charge in [-0.05, 0) is 18.4 Å². The molecule has 0 nitrogen and oxygen atoms in total. The van der Waals surface area contributed by atoms with E-state index in [2.05, 4.69) is 37.3 Å². The summed E-state index contributed by atoms with van der Waals surface area (Å²) in [5.41, 5.74) is 1.51. The van der Waals surface area contributed by atoms with Gasteiger partial charge in [-0.2, -0.15) is 0 Å². The number of benzene rings is 1. The fourth-order valence-electron chi connectivity index (χ4n) is 14.0. The summed E-state index contributed by atoms with van der Waals surface area (Å²) in [6.07, 6.45) is 113. The molecule has 0 atom stereocenters. The normalized spacial score (nSPS) is 11.7. The molecule has 83 heavy (non-hydrogen) atoms. The third kappa shape index (κ3) is 71.9. The van der Waals surface area contributed by atoms with Gasteiger partial charge in [-0.15, -0.1) is 0 Å². The molecule has 0 aliphatic carbocycles. The summed E-state index contributed by atoms with van der Waals surface area (Å²) in [4.78, 5) is 0. The van der Waals surface area contributed by atoms with Gasteiger partial charge in [-0.25, -0.2) is 0 Å². The van der Waals surface area contributed by atoms with Crippen LogP contribution < -0.4 is 0 Å². The Kier molecular flexibility index (Phi) is 73.0. The van der Waals surface area contributed by atoms with Gasteiger partial charge in [0.05, 0.1) is 0 Å². The predicted molar refractivity (Wildman–Crippen MR) is 382 cm³/mol. The number of unbranched alkanes of at least 4 members (excludes halogenated alkanes) is 74. The van der Waals surface area contributed by atoms with E-state index < -0.39 is 0 Å². The second-order valence-corrected chi connectivity index (χ2v) is 28.4. The molecule has 0 spiro atoms. The Bertz CT molecular complexity index is 1220. The summed E-state index contributed by atoms with van der Waals surface area (Å²) in [5, 5.41) is 0. The van der Waals surface area contributed by atoms with Crippen LogP contribution in [-0.2, 0) is 6.42 Å². The highest BCUT2D eigenvalue weighted by atomic mass is 14.1. The number of hydrogen-bond acceptors (Lipinski definition) is 0. The van der Waals surface area contributed by atoms with Gasteiger partial charge in [-0.3, -0.25) is 0 Å². The van der Waals surface area contributed by atoms with Crippen LogP contribution >= 0.6 is 0 Å². The predicted octanol–water partition coefficient (Wildman–Crippen LogP) is 31.5. The van der Waals surface area contributed by atoms with E-state index in [-0.39, 0.29) is 0 Å². The van der Waals surface area contributed by atoms with E-state index in [4.69, 9.17) is 0 Å². The van der Waals surface area contributed by atoms with Crippen LogP contribution in [0.3, 0.4) is 0 Å². The van der Waals surface area contributed by atoms with Crippen molar-refractivity contribution in [1.29, 1.82) is 0 Å². The lowest BCUT2D eigenvalue weighted by atomic mass is 10.0. The second-order valence-electron chi connectivity index (χ2n) is 28.4. The average Bonchev–Trinajstić information content (AvgIpc) is 3.50. The zero-order valence-electron chi connectivity index (χ0n) is 58.1. The van der Waals surface area contributed by atoms with E-state index in [1.807, 2.05) is 0 Å². The van der Waals surface area contributed by atoms with Crippen molar-refractivity contribution in [2.24, 2.45) is 0 Å². The van der Waals surface area contributed by atoms with Crippen molar-refractivity contribution in [1.82, 2.24) is 0 Å². The molecule has 492 valence electrons. The van der Waals surface area contributed by atoms with Gasteiger partial charge in [0.1, 0.15) is 0 Å². The minimum absolute atomic E-state index is 1.26. The molecule has 0 radical (unpaired) electrons. The van der Waals surface area contributed by atoms with Crippen LogP contribution in [0.4, 0.5) is 0 Å². The Morgan fingerprint density at radius 3 is 0.361 bits per heavy atom. The SMILES string of the molecule is CCCCCCCCCCCCCCCCCCCCCCCCCCCCCCCCCCCCCCCCCCCCCCCCCCCCCCCCCCCCCCCCCCCCCCCCCCCCCc1ccccc1. The van der Waals surface area contributed by atoms with Crippen LogP contribution in [-0.4, -0.2) is 0 Å². The lowest BCUT2D eigenvalue weighted by Crippen LogP contribution is -1.86. The maximum Gasteiger partial charge on any atom is -0.0279 e. The van der Waals surface area contributed by atoms with E-state index >= 15 is 0 Å². The number of hydrogen-bond donors (Lipinski definition) is 0. The quantitative estimate of drug-likeness (QED) is 0.0570. The van der Waals surface area contributed by atoms with Crippen LogP contribution in [0.2, 0.25) is 0 Å². The maximum atomic E-state index is 2.32. The molecule has 0 heteroatoms. The zero-order valence-corrected chi connectivity index (χ0v) is 58.1. The van der Waals surface area contributed by atoms with E-state index in [0.29, 0.717) is 0 Å². The van der Waals surface area contributed by atoms with Gasteiger partial charge < -0.3 is 0 Å². The van der Waals surface area contributed by atoms with E-state index in [0.717, 1.165) is 0 Å². The molecule has 0 saturated carbocycles. The van der Waals surface area contributed by atoms with Gasteiger partial charge in [-0.1, -0.05) is 512 Å². The monoisotopic (exact) mass is 1160 g/mol. The summed E-state index contributed by atoms with van der Waals surface area (Å²) in [7, 11) is 0. The van der Waals surface area contributed by atoms with Gasteiger partial charge in [0, 0.05) is 0 Å². The first-order valence-corrected chi connectivity index (χ1v) is 40.5. The van der Waals surface area contributed by atoms with E-state index in [9.17, 15) is 0 Å². The molecule has 0 fully saturated rings. The first-order chi connectivity index (χ1) is 41.4. The molecule has 0 aromatic heterocycles. The van der Waals surface area contributed by atoms with Crippen molar-refractivity contribution >= 4 is 0 Å². The van der Waals surface area contributed by atoms with Crippen molar-refractivity contribution in [2.45, 2.75) is 495 Å². The second kappa shape index (κ2) is 75.5. The minimum Gasteiger partial charge on any atom is -0.0654 e. The summed E-state index contributed by atoms with van der Waals surface area (Å²) in [5.74, 6) is 0. The van der Waals surface area contributed by atoms with Crippen LogP contribution in [0.1, 0.15) is 494 Å². The molecular formula is C83H160. The third-order valence-corrected chi connectivity index (χ3v) is 19.9. The van der Waals surface area contributed by atoms with Crippen molar-refractivity contribution in [3.05, 3.63) is 35.9 Å². The van der Waals surface area contributed by atoms with Crippen LogP contribution in [0.15, 0.2) is 30.3 Å². The smallest absolute Gasteiger partial charge is 0.0279 e. The van der Waals surface area contributed by atoms with Crippen LogP contribution in [0, 0.1) is 0 Å². The van der Waals surface area contributed by atoms with Gasteiger partial charge in [0.15, 0.2) is 0 Å². The van der Waals surface area contributed by atoms with Crippen molar-refractivity contribution in [2.75, 3.05) is 0 Å². The highest BCUT2D eigenvalue weighted by molar-refractivity contribution is 5.14. The molecule has 0 amide bonds. The molecule has 0 unspecified atom stereocenters. The average molecular weight is 1160 g/mol. The van der Waals surface area contributed by atoms with Crippen LogP contribution in [0.5, 0.6) is 0 Å². The molecule has 1 aromatic carbocycles. The molecule has 0 heterocycles. The molecule has 0 N–H and O–H groups in total. The maximum absolute atomic E-state index is 2.32. The van der Waals surface area contributed by atoms with Crippen molar-refractivity contribution < 1.29 is 0 Å². The number of aryl methyl sites for hydroxylation is 1. The standard InChI is InChI=1S/C83H160/c1-2-3-4-5-6-7-8-9-10-11-12-13-14-15-16-17-18-19-20-21-22-23-24-25-26-27-28-29-30-31-32-33-34-35-36-37-38-39-40-41-42-43-44-45-46-47-48-49-50-51-52-53-54-55-56-57-58-59-60-61-62-63-64-65-66-67-68-69-70-71-72-73-74-75-77-80-83-81-78-76-79-82-83/h76,78-79,81-82H,2-75,77,80H2,1H3. The zero-order chi connectivity index (χ0) is 58.9. The molecule has 0 aliphatic heterocycles. The van der Waals surface area contributed by atoms with E-state index in [1.54, 1.807) is 0 Å². The summed E-state index contributed by atoms with van der Waals surface area (Å²) < 4.78 is 0. The first-order valence-electron chi connectivity index (χ1n) is 40.5. The van der Waals surface area contributed by atoms with Crippen LogP contribution in [0.25, 0.3) is 0 Å². The highest BCUT2D eigenvalue weighted by Gasteiger charge is 2.02. The Balaban J connectivity index is 1.58. The Morgan fingerprint density at radius 1 is 0.133 bits per heavy atom. The number of rotatable bonds is 76. The summed E-state index contributed by atoms with van der Waals surface area (Å²) in [6, 6.07) is 11.0. The Labute approximate surface area is 528 Å². The lowest BCUT2D eigenvalue weighted by Gasteiger charge is -2.05. The first kappa shape index (κ1) is 80.2. The third-order valence-electron chi connectivity index (χ3n) is 19.9. The Morgan fingerprint density at radius 2 is 0.241 bits per heavy atom. The Hall–Kier alpha value is -0.780. The molecular weight excluding hydrogens is 997 g/mol. The minimum atomic E-state index is 1.26. The van der Waals surface area contributed by atoms with Gasteiger partial charge in [0.2, 0.25) is 0 Å². The largest absolute Gasteiger partial charge is 0.0654 e. The fraction of sp³-hybridized carbons (Fsp3) is 0.928. The van der Waals surface area contributed by atoms with E-state index in [1.165, 1.54) is 494 Å². The molecule has 0 saturated heterocycles. The van der Waals surface area contributed by atoms with Gasteiger partial charge in [0.25, 0.3) is 0 Å². The molecule has 0 aliphatic rings. The fourth-order valence-corrected chi connectivity index (χ4v) is 14.0. The summed E-state index contributed by atoms with van der Waals surface area (Å²) >= 11 is 0. The van der Waals surface area contributed by atoms with Crippen molar-refractivity contribution in [3.8, 4) is 0 Å². The lowest BCUT2D eigenvalue weighted by molar-refractivity contribution is 0.506. The van der Waals surface area contributed by atoms with Crippen molar-refractivity contribution in [3.63, 3.8) is 0 Å². The highest BCUT2D eigenvalue weighted by Crippen LogP contribution is 2.22. The molecule has 0 bridgehead atoms. The topological polar surface area (TPSA) is 0 Å². The molecule has 1 aromatic rings. The molecule has 1 rings (SSSR count). The van der Waals surface area contributed by atoms with Gasteiger partial charge >= 0.3 is 0 Å². The summed E-state index contributed by atoms with van der Waals surface area (Å²) in [6.45, 7) is 2.32.